The Hall–Kier alpha value is -6.26. The van der Waals surface area contributed by atoms with Crippen molar-refractivity contribution in [2.45, 2.75) is 157 Å². The molecule has 0 aliphatic heterocycles. The van der Waals surface area contributed by atoms with E-state index in [1.165, 1.54) is 17.7 Å². The zero-order valence-electron chi connectivity index (χ0n) is 53.0. The zero-order valence-corrected chi connectivity index (χ0v) is 44.0. The van der Waals surface area contributed by atoms with Crippen LogP contribution >= 0.6 is 0 Å². The number of hydrogen-bond donors (Lipinski definition) is 1. The second-order valence-corrected chi connectivity index (χ2v) is 24.5. The molecule has 362 valence electrons. The highest BCUT2D eigenvalue weighted by atomic mass is 16.3. The maximum Gasteiger partial charge on any atom is 0.149 e. The van der Waals surface area contributed by atoms with Crippen LogP contribution in [0.2, 0.25) is 0 Å². The molecule has 0 bridgehead atoms. The highest BCUT2D eigenvalue weighted by Crippen LogP contribution is 2.47. The third-order valence-corrected chi connectivity index (χ3v) is 13.7. The van der Waals surface area contributed by atoms with Crippen LogP contribution in [0.25, 0.3) is 72.7 Å². The van der Waals surface area contributed by atoms with Gasteiger partial charge >= 0.3 is 0 Å². The molecule has 0 aliphatic rings. The lowest BCUT2D eigenvalue weighted by molar-refractivity contribution is 0.446. The van der Waals surface area contributed by atoms with Crippen molar-refractivity contribution in [1.29, 1.82) is 0 Å². The Balaban J connectivity index is 1.40. The smallest absolute Gasteiger partial charge is 0.149 e. The van der Waals surface area contributed by atoms with Crippen LogP contribution in [-0.4, -0.2) is 19.6 Å². The lowest BCUT2D eigenvalue weighted by atomic mass is 9.79. The van der Waals surface area contributed by atoms with Gasteiger partial charge in [0, 0.05) is 40.8 Å². The number of nitrogens with zero attached hydrogens (tertiary/aromatic N) is 3. The highest BCUT2D eigenvalue weighted by Gasteiger charge is 2.30. The first-order valence-electron chi connectivity index (χ1n) is 29.0. The van der Waals surface area contributed by atoms with Crippen molar-refractivity contribution >= 4 is 11.0 Å². The van der Waals surface area contributed by atoms with E-state index >= 15 is 0 Å². The van der Waals surface area contributed by atoms with Crippen molar-refractivity contribution < 1.29 is 17.4 Å². The molecule has 0 saturated heterocycles. The number of aromatic hydroxyl groups is 1. The molecule has 8 aromatic rings. The van der Waals surface area contributed by atoms with E-state index in [0.717, 1.165) is 66.8 Å². The molecule has 0 spiro atoms. The average Bonchev–Trinajstić information content (AvgIpc) is 3.92. The summed E-state index contributed by atoms with van der Waals surface area (Å²) in [6.07, 6.45) is 1.69. The Morgan fingerprint density at radius 1 is 0.429 bits per heavy atom. The summed E-state index contributed by atoms with van der Waals surface area (Å²) in [7, 11) is 0. The van der Waals surface area contributed by atoms with E-state index in [9.17, 15) is 5.11 Å². The summed E-state index contributed by atoms with van der Waals surface area (Å²) < 4.78 is 76.5. The molecule has 4 nitrogen and oxygen atoms in total. The molecule has 1 N–H and O–H groups in total. The largest absolute Gasteiger partial charge is 0.507 e. The SMILES string of the molecule is [2H]C([2H])([2H])C(c1ccc(-c2ccnc(-c3cc(-c4cccc5c4nc(-c4cc(C(C)(C)C)cc(C(C)(C)C)c4O)n5-c4cc(C(C)(C)C)ccc4-c4ccc(C(C)(C)C)cc4)cc(C(C)(C)C)c3)c2)cc1)(C([2H])([2H])[2H])C([2H])([2H])[2H]. The van der Waals surface area contributed by atoms with Gasteiger partial charge in [-0.15, -0.1) is 0 Å². The number of hydrogen-bond acceptors (Lipinski definition) is 3. The minimum Gasteiger partial charge on any atom is -0.507 e. The predicted molar refractivity (Wildman–Crippen MR) is 300 cm³/mol. The summed E-state index contributed by atoms with van der Waals surface area (Å²) >= 11 is 0. The lowest BCUT2D eigenvalue weighted by Gasteiger charge is -2.28. The molecule has 2 heterocycles. The van der Waals surface area contributed by atoms with E-state index in [2.05, 4.69) is 199 Å². The average molecular weight is 937 g/mol. The van der Waals surface area contributed by atoms with E-state index in [1.54, 1.807) is 18.3 Å². The highest BCUT2D eigenvalue weighted by molar-refractivity contribution is 5.98. The molecule has 70 heavy (non-hydrogen) atoms. The number of pyridine rings is 1. The zero-order chi connectivity index (χ0) is 58.6. The van der Waals surface area contributed by atoms with Gasteiger partial charge in [-0.25, -0.2) is 4.98 Å². The molecule has 0 radical (unpaired) electrons. The van der Waals surface area contributed by atoms with Crippen molar-refractivity contribution in [3.05, 3.63) is 167 Å². The topological polar surface area (TPSA) is 50.9 Å². The Labute approximate surface area is 433 Å². The number of fused-ring (bicyclic) bond motifs is 1. The van der Waals surface area contributed by atoms with Crippen molar-refractivity contribution in [2.24, 2.45) is 0 Å². The van der Waals surface area contributed by atoms with Crippen molar-refractivity contribution in [3.63, 3.8) is 0 Å². The summed E-state index contributed by atoms with van der Waals surface area (Å²) in [6, 6.07) is 42.1. The standard InChI is InChI=1S/C66H77N3O/c1-61(2,3)46-26-22-41(23-27-46)43-32-33-67-55(37-43)45-34-44(35-49(36-45)64(10,11)12)52-20-19-21-56-58(52)68-60(53-38-50(65(13,14)15)39-54(59(53)70)66(16,17)18)69(56)57-40-48(63(7,8)9)30-31-51(57)42-24-28-47(29-25-42)62(4,5)6/h19-40,70H,1-18H3/i1D3,2D3,3D3. The fraction of sp³-hybridized carbons (Fsp3) is 0.364. The van der Waals surface area contributed by atoms with Crippen LogP contribution in [-0.2, 0) is 32.5 Å². The van der Waals surface area contributed by atoms with Crippen molar-refractivity contribution in [1.82, 2.24) is 14.5 Å². The summed E-state index contributed by atoms with van der Waals surface area (Å²) in [6.45, 7) is 22.7. The second kappa shape index (κ2) is 17.5. The Kier molecular flexibility index (Phi) is 9.89. The van der Waals surface area contributed by atoms with Gasteiger partial charge in [0.2, 0.25) is 0 Å². The number of phenolic OH excluding ortho intramolecular Hbond substituents is 1. The maximum absolute atomic E-state index is 12.7. The fourth-order valence-electron chi connectivity index (χ4n) is 9.19. The maximum atomic E-state index is 12.7. The Morgan fingerprint density at radius 2 is 0.986 bits per heavy atom. The molecule has 6 aromatic carbocycles. The second-order valence-electron chi connectivity index (χ2n) is 24.5. The minimum atomic E-state index is -3.37. The van der Waals surface area contributed by atoms with E-state index in [1.807, 2.05) is 12.1 Å². The van der Waals surface area contributed by atoms with Gasteiger partial charge in [0.1, 0.15) is 11.6 Å². The predicted octanol–water partition coefficient (Wildman–Crippen LogP) is 18.2. The van der Waals surface area contributed by atoms with E-state index in [4.69, 9.17) is 22.3 Å². The van der Waals surface area contributed by atoms with Gasteiger partial charge in [-0.3, -0.25) is 9.55 Å². The first-order valence-corrected chi connectivity index (χ1v) is 24.5. The number of benzene rings is 6. The fourth-order valence-corrected chi connectivity index (χ4v) is 9.19. The molecule has 0 unspecified atom stereocenters. The number of rotatable bonds is 6. The van der Waals surface area contributed by atoms with Crippen LogP contribution in [0.5, 0.6) is 5.75 Å². The molecule has 4 heteroatoms. The molecule has 0 aliphatic carbocycles. The first kappa shape index (κ1) is 39.5. The van der Waals surface area contributed by atoms with Gasteiger partial charge in [-0.2, -0.15) is 0 Å². The van der Waals surface area contributed by atoms with Crippen molar-refractivity contribution in [3.8, 4) is 67.5 Å². The summed E-state index contributed by atoms with van der Waals surface area (Å²) in [5.74, 6) is 0.794. The van der Waals surface area contributed by atoms with Crippen LogP contribution in [0, 0.1) is 0 Å². The van der Waals surface area contributed by atoms with Crippen LogP contribution in [0.15, 0.2) is 134 Å². The molecule has 0 saturated carbocycles. The van der Waals surface area contributed by atoms with Gasteiger partial charge in [0.05, 0.1) is 28.0 Å². The molecule has 2 aromatic heterocycles. The number of aromatic nitrogens is 3. The van der Waals surface area contributed by atoms with Gasteiger partial charge < -0.3 is 5.11 Å². The van der Waals surface area contributed by atoms with Crippen LogP contribution in [0.1, 0.15) is 170 Å². The van der Waals surface area contributed by atoms with Crippen LogP contribution < -0.4 is 0 Å². The summed E-state index contributed by atoms with van der Waals surface area (Å²) in [4.78, 5) is 10.6. The van der Waals surface area contributed by atoms with E-state index in [0.29, 0.717) is 28.2 Å². The molecular weight excluding hydrogens is 851 g/mol. The van der Waals surface area contributed by atoms with E-state index < -0.39 is 31.4 Å². The van der Waals surface area contributed by atoms with Gasteiger partial charge in [-0.1, -0.05) is 209 Å². The normalized spacial score (nSPS) is 15.5. The minimum absolute atomic E-state index is 0.0372. The third kappa shape index (κ3) is 10.0. The molecule has 0 amide bonds. The molecule has 0 fully saturated rings. The number of imidazole rings is 1. The van der Waals surface area contributed by atoms with Gasteiger partial charge in [0.15, 0.2) is 0 Å². The molecule has 8 rings (SSSR count). The molecular formula is C66H77N3O. The van der Waals surface area contributed by atoms with Crippen LogP contribution in [0.4, 0.5) is 0 Å². The summed E-state index contributed by atoms with van der Waals surface area (Å²) in [5.41, 5.74) is 10.5. The monoisotopic (exact) mass is 937 g/mol. The first-order chi connectivity index (χ1) is 36.1. The molecule has 0 atom stereocenters. The quantitative estimate of drug-likeness (QED) is 0.181. The van der Waals surface area contributed by atoms with E-state index in [-0.39, 0.29) is 33.0 Å². The lowest BCUT2D eigenvalue weighted by Crippen LogP contribution is -2.17. The van der Waals surface area contributed by atoms with Crippen molar-refractivity contribution in [2.75, 3.05) is 0 Å². The van der Waals surface area contributed by atoms with Gasteiger partial charge in [0.25, 0.3) is 0 Å². The third-order valence-electron chi connectivity index (χ3n) is 13.7. The Morgan fingerprint density at radius 3 is 1.57 bits per heavy atom. The Bertz CT molecular complexity index is 3550. The number of para-hydroxylation sites is 1. The summed E-state index contributed by atoms with van der Waals surface area (Å²) in [5, 5.41) is 12.7. The number of phenols is 1. The van der Waals surface area contributed by atoms with Crippen LogP contribution in [0.3, 0.4) is 0 Å². The van der Waals surface area contributed by atoms with Gasteiger partial charge in [-0.05, 0) is 125 Å².